The Morgan fingerprint density at radius 3 is 2.17 bits per heavy atom. The first-order valence-electron chi connectivity index (χ1n) is 10.7. The summed E-state index contributed by atoms with van der Waals surface area (Å²) in [5.74, 6) is 1.52. The lowest BCUT2D eigenvalue weighted by atomic mass is 9.99. The molecule has 35 heavy (non-hydrogen) atoms. The van der Waals surface area contributed by atoms with Gasteiger partial charge in [-0.2, -0.15) is 13.2 Å². The molecule has 0 atom stereocenters. The Bertz CT molecular complexity index is 1260. The Morgan fingerprint density at radius 1 is 1.09 bits per heavy atom. The molecule has 0 amide bonds. The maximum atomic E-state index is 12.8. The van der Waals surface area contributed by atoms with E-state index in [1.807, 2.05) is 31.2 Å². The van der Waals surface area contributed by atoms with E-state index in [0.717, 1.165) is 23.4 Å². The number of nitrogens with one attached hydrogen (secondary N) is 1. The molecular weight excluding hydrogens is 457 g/mol. The van der Waals surface area contributed by atoms with E-state index in [2.05, 4.69) is 21.9 Å². The number of benzene rings is 2. The molecule has 0 bridgehead atoms. The van der Waals surface area contributed by atoms with Crippen molar-refractivity contribution in [3.8, 4) is 11.3 Å². The predicted octanol–water partition coefficient (Wildman–Crippen LogP) is 6.07. The molecule has 6 nitrogen and oxygen atoms in total. The van der Waals surface area contributed by atoms with Crippen LogP contribution in [-0.4, -0.2) is 21.4 Å². The van der Waals surface area contributed by atoms with Crippen molar-refractivity contribution in [3.63, 3.8) is 0 Å². The SMILES string of the molecule is C=C(N=C(/C=C(\N)c1ccc(C(F)(F)F)cc1)C(C)(C)O)Nc1ccc(-c2oc(C)nc2C)cc1. The van der Waals surface area contributed by atoms with E-state index in [1.165, 1.54) is 32.1 Å². The van der Waals surface area contributed by atoms with Gasteiger partial charge in [0.25, 0.3) is 0 Å². The zero-order valence-electron chi connectivity index (χ0n) is 19.9. The summed E-state index contributed by atoms with van der Waals surface area (Å²) >= 11 is 0. The van der Waals surface area contributed by atoms with Crippen LogP contribution in [0.25, 0.3) is 17.0 Å². The summed E-state index contributed by atoms with van der Waals surface area (Å²) < 4.78 is 44.1. The lowest BCUT2D eigenvalue weighted by Crippen LogP contribution is -2.30. The zero-order chi connectivity index (χ0) is 26.0. The first-order chi connectivity index (χ1) is 16.2. The number of aliphatic hydroxyl groups is 1. The highest BCUT2D eigenvalue weighted by molar-refractivity contribution is 6.06. The van der Waals surface area contributed by atoms with Crippen LogP contribution in [0.4, 0.5) is 18.9 Å². The zero-order valence-corrected chi connectivity index (χ0v) is 19.9. The molecule has 3 aromatic rings. The fourth-order valence-electron chi connectivity index (χ4n) is 3.27. The van der Waals surface area contributed by atoms with Crippen LogP contribution in [0.15, 0.2) is 76.4 Å². The van der Waals surface area contributed by atoms with Crippen LogP contribution in [0.3, 0.4) is 0 Å². The summed E-state index contributed by atoms with van der Waals surface area (Å²) in [6.07, 6.45) is -3.03. The summed E-state index contributed by atoms with van der Waals surface area (Å²) in [5, 5.41) is 13.6. The minimum absolute atomic E-state index is 0.148. The van der Waals surface area contributed by atoms with Crippen molar-refractivity contribution in [1.29, 1.82) is 0 Å². The van der Waals surface area contributed by atoms with Crippen LogP contribution in [-0.2, 0) is 6.18 Å². The minimum Gasteiger partial charge on any atom is -0.441 e. The number of rotatable bonds is 7. The lowest BCUT2D eigenvalue weighted by Gasteiger charge is -2.19. The van der Waals surface area contributed by atoms with Crippen molar-refractivity contribution in [3.05, 3.63) is 89.7 Å². The van der Waals surface area contributed by atoms with Crippen LogP contribution in [0.2, 0.25) is 0 Å². The quantitative estimate of drug-likeness (QED) is 0.354. The first-order valence-corrected chi connectivity index (χ1v) is 10.7. The number of halogens is 3. The summed E-state index contributed by atoms with van der Waals surface area (Å²) in [4.78, 5) is 8.63. The highest BCUT2D eigenvalue weighted by atomic mass is 19.4. The number of alkyl halides is 3. The van der Waals surface area contributed by atoms with Crippen molar-refractivity contribution in [2.45, 2.75) is 39.5 Å². The summed E-state index contributed by atoms with van der Waals surface area (Å²) in [6.45, 7) is 10.6. The van der Waals surface area contributed by atoms with Crippen LogP contribution in [0.5, 0.6) is 0 Å². The highest BCUT2D eigenvalue weighted by Crippen LogP contribution is 2.30. The number of aliphatic imine (C=N–C) groups is 1. The average molecular weight is 485 g/mol. The van der Waals surface area contributed by atoms with E-state index in [-0.39, 0.29) is 17.2 Å². The molecule has 3 rings (SSSR count). The van der Waals surface area contributed by atoms with Crippen LogP contribution < -0.4 is 11.1 Å². The number of hydrogen-bond acceptors (Lipinski definition) is 6. The Hall–Kier alpha value is -3.85. The number of oxazole rings is 1. The van der Waals surface area contributed by atoms with E-state index in [9.17, 15) is 18.3 Å². The third-order valence-corrected chi connectivity index (χ3v) is 5.06. The molecule has 0 unspecified atom stereocenters. The van der Waals surface area contributed by atoms with Gasteiger partial charge in [-0.1, -0.05) is 18.7 Å². The van der Waals surface area contributed by atoms with Gasteiger partial charge < -0.3 is 20.6 Å². The van der Waals surface area contributed by atoms with Crippen molar-refractivity contribution >= 4 is 17.1 Å². The average Bonchev–Trinajstić information content (AvgIpc) is 3.10. The third-order valence-electron chi connectivity index (χ3n) is 5.06. The second-order valence-corrected chi connectivity index (χ2v) is 8.53. The van der Waals surface area contributed by atoms with Crippen LogP contribution in [0, 0.1) is 13.8 Å². The summed E-state index contributed by atoms with van der Waals surface area (Å²) in [5.41, 5.74) is 6.97. The number of aryl methyl sites for hydroxylation is 2. The van der Waals surface area contributed by atoms with Gasteiger partial charge in [0.1, 0.15) is 11.4 Å². The molecular formula is C26H27F3N4O2. The molecule has 0 radical (unpaired) electrons. The van der Waals surface area contributed by atoms with Gasteiger partial charge in [0, 0.05) is 23.9 Å². The maximum Gasteiger partial charge on any atom is 0.416 e. The van der Waals surface area contributed by atoms with E-state index in [0.29, 0.717) is 22.9 Å². The number of nitrogens with two attached hydrogens (primary N) is 1. The van der Waals surface area contributed by atoms with Gasteiger partial charge in [-0.05, 0) is 68.8 Å². The standard InChI is InChI=1S/C26H27F3N4O2/c1-15-24(35-17(3)31-15)19-8-12-21(13-9-19)32-16(2)33-23(25(4,5)34)14-22(30)18-6-10-20(11-7-18)26(27,28)29/h6-14,32,34H,2,30H2,1,3-5H3/b22-14-,33-23?. The smallest absolute Gasteiger partial charge is 0.416 e. The second-order valence-electron chi connectivity index (χ2n) is 8.53. The molecule has 1 heterocycles. The maximum absolute atomic E-state index is 12.8. The van der Waals surface area contributed by atoms with Gasteiger partial charge in [-0.3, -0.25) is 0 Å². The van der Waals surface area contributed by atoms with E-state index in [4.69, 9.17) is 10.2 Å². The fourth-order valence-corrected chi connectivity index (χ4v) is 3.27. The Morgan fingerprint density at radius 2 is 1.69 bits per heavy atom. The molecule has 0 saturated heterocycles. The minimum atomic E-state index is -4.44. The van der Waals surface area contributed by atoms with Gasteiger partial charge in [-0.15, -0.1) is 0 Å². The van der Waals surface area contributed by atoms with E-state index >= 15 is 0 Å². The van der Waals surface area contributed by atoms with Crippen LogP contribution in [0.1, 0.15) is 36.6 Å². The largest absolute Gasteiger partial charge is 0.441 e. The fraction of sp³-hybridized carbons (Fsp3) is 0.231. The molecule has 0 fully saturated rings. The molecule has 9 heteroatoms. The number of nitrogens with zero attached hydrogens (tertiary/aromatic N) is 2. The van der Waals surface area contributed by atoms with Gasteiger partial charge in [0.2, 0.25) is 0 Å². The predicted molar refractivity (Wildman–Crippen MR) is 132 cm³/mol. The number of hydrogen-bond donors (Lipinski definition) is 3. The van der Waals surface area contributed by atoms with Crippen molar-refractivity contribution in [1.82, 2.24) is 4.98 Å². The third kappa shape index (κ3) is 6.60. The first kappa shape index (κ1) is 25.8. The lowest BCUT2D eigenvalue weighted by molar-refractivity contribution is -0.137. The molecule has 0 aliphatic rings. The van der Waals surface area contributed by atoms with E-state index < -0.39 is 17.3 Å². The van der Waals surface area contributed by atoms with Crippen LogP contribution >= 0.6 is 0 Å². The monoisotopic (exact) mass is 484 g/mol. The molecule has 2 aromatic carbocycles. The highest BCUT2D eigenvalue weighted by Gasteiger charge is 2.30. The van der Waals surface area contributed by atoms with E-state index in [1.54, 1.807) is 6.92 Å². The molecule has 0 aliphatic carbocycles. The summed E-state index contributed by atoms with van der Waals surface area (Å²) in [7, 11) is 0. The molecule has 4 N–H and O–H groups in total. The van der Waals surface area contributed by atoms with Gasteiger partial charge >= 0.3 is 6.18 Å². The second kappa shape index (κ2) is 9.79. The van der Waals surface area contributed by atoms with Gasteiger partial charge in [0.15, 0.2) is 11.7 Å². The molecule has 1 aromatic heterocycles. The normalized spacial score (nSPS) is 13.1. The van der Waals surface area contributed by atoms with Crippen molar-refractivity contribution in [2.75, 3.05) is 5.32 Å². The van der Waals surface area contributed by atoms with Crippen molar-refractivity contribution in [2.24, 2.45) is 10.7 Å². The molecule has 0 aliphatic heterocycles. The Labute approximate surface area is 201 Å². The Kier molecular flexibility index (Phi) is 7.21. The van der Waals surface area contributed by atoms with Crippen molar-refractivity contribution < 1.29 is 22.7 Å². The number of aromatic nitrogens is 1. The van der Waals surface area contributed by atoms with Gasteiger partial charge in [0.05, 0.1) is 17.0 Å². The molecule has 184 valence electrons. The Balaban J connectivity index is 1.79. The number of anilines is 1. The molecule has 0 spiro atoms. The summed E-state index contributed by atoms with van der Waals surface area (Å²) in [6, 6.07) is 11.8. The topological polar surface area (TPSA) is 96.7 Å². The molecule has 0 saturated carbocycles. The van der Waals surface area contributed by atoms with Gasteiger partial charge in [-0.25, -0.2) is 9.98 Å².